The lowest BCUT2D eigenvalue weighted by molar-refractivity contribution is 0.00578. The number of hydrogen-bond donors (Lipinski definition) is 0. The number of hydrogen-bond acceptors (Lipinski definition) is 5. The van der Waals surface area contributed by atoms with Crippen molar-refractivity contribution in [2.75, 3.05) is 0 Å². The molecular formula is C14H22BFN2O4. The molecule has 2 rings (SSSR count). The van der Waals surface area contributed by atoms with Gasteiger partial charge in [0.2, 0.25) is 5.95 Å². The van der Waals surface area contributed by atoms with Crippen LogP contribution in [0.15, 0.2) is 6.20 Å². The molecule has 1 aliphatic heterocycles. The highest BCUT2D eigenvalue weighted by Crippen LogP contribution is 2.36. The molecule has 1 aromatic heterocycles. The normalized spacial score (nSPS) is 20.3. The van der Waals surface area contributed by atoms with Crippen LogP contribution in [0.5, 0.6) is 0 Å². The first kappa shape index (κ1) is 17.0. The van der Waals surface area contributed by atoms with Gasteiger partial charge in [0.05, 0.1) is 16.7 Å². The molecule has 0 radical (unpaired) electrons. The van der Waals surface area contributed by atoms with E-state index < -0.39 is 36.0 Å². The molecule has 122 valence electrons. The molecule has 1 aromatic rings. The van der Waals surface area contributed by atoms with E-state index in [9.17, 15) is 9.18 Å². The molecule has 22 heavy (non-hydrogen) atoms. The minimum Gasteiger partial charge on any atom is -0.442 e. The summed E-state index contributed by atoms with van der Waals surface area (Å²) in [6.07, 6.45) is 0.486. The minimum absolute atomic E-state index is 0.0736. The smallest absolute Gasteiger partial charge is 0.442 e. The minimum atomic E-state index is -0.916. The molecule has 0 spiro atoms. The van der Waals surface area contributed by atoms with E-state index in [1.807, 2.05) is 27.7 Å². The molecule has 0 saturated carbocycles. The van der Waals surface area contributed by atoms with Gasteiger partial charge in [-0.1, -0.05) is 0 Å². The number of carbonyl (C=O) groups is 1. The van der Waals surface area contributed by atoms with Crippen LogP contribution in [-0.2, 0) is 14.0 Å². The molecule has 1 fully saturated rings. The Balaban J connectivity index is 2.23. The van der Waals surface area contributed by atoms with Crippen LogP contribution in [0.2, 0.25) is 0 Å². The molecule has 2 heterocycles. The molecule has 1 saturated heterocycles. The summed E-state index contributed by atoms with van der Waals surface area (Å²) in [5, 5.41) is 3.55. The van der Waals surface area contributed by atoms with Crippen molar-refractivity contribution in [1.82, 2.24) is 9.78 Å². The number of aromatic nitrogens is 2. The molecule has 1 aliphatic rings. The van der Waals surface area contributed by atoms with Crippen molar-refractivity contribution in [3.05, 3.63) is 12.1 Å². The van der Waals surface area contributed by atoms with E-state index in [1.54, 1.807) is 20.8 Å². The molecular weight excluding hydrogens is 290 g/mol. The molecule has 0 unspecified atom stereocenters. The van der Waals surface area contributed by atoms with Crippen LogP contribution in [-0.4, -0.2) is 39.8 Å². The van der Waals surface area contributed by atoms with Gasteiger partial charge in [-0.15, -0.1) is 5.10 Å². The van der Waals surface area contributed by atoms with Gasteiger partial charge in [0.15, 0.2) is 0 Å². The van der Waals surface area contributed by atoms with Crippen molar-refractivity contribution in [3.63, 3.8) is 0 Å². The zero-order chi connectivity index (χ0) is 16.9. The van der Waals surface area contributed by atoms with Crippen LogP contribution in [0.4, 0.5) is 9.18 Å². The van der Waals surface area contributed by atoms with Gasteiger partial charge in [-0.3, -0.25) is 0 Å². The highest BCUT2D eigenvalue weighted by atomic mass is 19.1. The van der Waals surface area contributed by atoms with Crippen LogP contribution in [0.25, 0.3) is 0 Å². The summed E-state index contributed by atoms with van der Waals surface area (Å²) in [4.78, 5) is 11.9. The lowest BCUT2D eigenvalue weighted by atomic mass is 9.81. The van der Waals surface area contributed by atoms with Crippen molar-refractivity contribution in [2.24, 2.45) is 0 Å². The maximum Gasteiger partial charge on any atom is 0.501 e. The molecule has 0 aromatic carbocycles. The molecule has 0 aliphatic carbocycles. The van der Waals surface area contributed by atoms with Crippen LogP contribution >= 0.6 is 0 Å². The number of carbonyl (C=O) groups excluding carboxylic acids is 1. The van der Waals surface area contributed by atoms with Crippen molar-refractivity contribution in [1.29, 1.82) is 0 Å². The Morgan fingerprint density at radius 1 is 1.27 bits per heavy atom. The van der Waals surface area contributed by atoms with Crippen LogP contribution < -0.4 is 5.46 Å². The molecule has 0 N–H and O–H groups in total. The summed E-state index contributed by atoms with van der Waals surface area (Å²) in [6, 6.07) is 0. The number of halogens is 1. The fraction of sp³-hybridized carbons (Fsp3) is 0.714. The lowest BCUT2D eigenvalue weighted by Gasteiger charge is -2.32. The monoisotopic (exact) mass is 312 g/mol. The summed E-state index contributed by atoms with van der Waals surface area (Å²) >= 11 is 0. The van der Waals surface area contributed by atoms with Gasteiger partial charge in [0.1, 0.15) is 5.60 Å². The SMILES string of the molecule is CC(C)(C)OC(=O)n1cc(B2OC(C)(C)C(C)(C)O2)c(F)n1. The zero-order valence-corrected chi connectivity index (χ0v) is 14.1. The first-order valence-electron chi connectivity index (χ1n) is 7.16. The largest absolute Gasteiger partial charge is 0.501 e. The van der Waals surface area contributed by atoms with E-state index in [0.29, 0.717) is 0 Å². The molecule has 8 heteroatoms. The molecule has 0 atom stereocenters. The van der Waals surface area contributed by atoms with Crippen LogP contribution in [0.1, 0.15) is 48.5 Å². The summed E-state index contributed by atoms with van der Waals surface area (Å²) in [6.45, 7) is 12.6. The average Bonchev–Trinajstić information content (AvgIpc) is 2.75. The average molecular weight is 312 g/mol. The van der Waals surface area contributed by atoms with E-state index in [1.165, 1.54) is 6.20 Å². The Labute approximate surface area is 130 Å². The first-order valence-corrected chi connectivity index (χ1v) is 7.16. The van der Waals surface area contributed by atoms with Gasteiger partial charge >= 0.3 is 13.2 Å². The van der Waals surface area contributed by atoms with Gasteiger partial charge in [-0.25, -0.2) is 4.79 Å². The van der Waals surface area contributed by atoms with E-state index in [-0.39, 0.29) is 5.46 Å². The number of ether oxygens (including phenoxy) is 1. The lowest BCUT2D eigenvalue weighted by Crippen LogP contribution is -2.41. The predicted molar refractivity (Wildman–Crippen MR) is 79.5 cm³/mol. The maximum atomic E-state index is 14.1. The number of nitrogens with zero attached hydrogens (tertiary/aromatic N) is 2. The Kier molecular flexibility index (Phi) is 3.90. The van der Waals surface area contributed by atoms with E-state index in [0.717, 1.165) is 4.68 Å². The summed E-state index contributed by atoms with van der Waals surface area (Å²) in [7, 11) is -0.916. The van der Waals surface area contributed by atoms with Crippen molar-refractivity contribution < 1.29 is 23.2 Å². The Morgan fingerprint density at radius 3 is 2.23 bits per heavy atom. The second kappa shape index (κ2) is 5.06. The summed E-state index contributed by atoms with van der Waals surface area (Å²) < 4.78 is 31.5. The second-order valence-corrected chi connectivity index (χ2v) is 7.39. The van der Waals surface area contributed by atoms with Gasteiger partial charge in [0, 0.05) is 6.20 Å². The van der Waals surface area contributed by atoms with Gasteiger partial charge < -0.3 is 14.0 Å². The summed E-state index contributed by atoms with van der Waals surface area (Å²) in [5.41, 5.74) is -1.82. The first-order chi connectivity index (χ1) is 9.82. The van der Waals surface area contributed by atoms with Crippen molar-refractivity contribution >= 4 is 18.7 Å². The van der Waals surface area contributed by atoms with Gasteiger partial charge in [-0.2, -0.15) is 9.07 Å². The maximum absolute atomic E-state index is 14.1. The molecule has 0 bridgehead atoms. The van der Waals surface area contributed by atoms with Crippen LogP contribution in [0.3, 0.4) is 0 Å². The Bertz CT molecular complexity index is 576. The Hall–Kier alpha value is -1.41. The number of rotatable bonds is 1. The molecule has 6 nitrogen and oxygen atoms in total. The predicted octanol–water partition coefficient (Wildman–Crippen LogP) is 2.10. The van der Waals surface area contributed by atoms with Crippen molar-refractivity contribution in [2.45, 2.75) is 65.3 Å². The summed E-state index contributed by atoms with van der Waals surface area (Å²) in [5.74, 6) is -0.815. The Morgan fingerprint density at radius 2 is 1.77 bits per heavy atom. The quantitative estimate of drug-likeness (QED) is 0.743. The fourth-order valence-corrected chi connectivity index (χ4v) is 1.90. The fourth-order valence-electron chi connectivity index (χ4n) is 1.90. The van der Waals surface area contributed by atoms with E-state index >= 15 is 0 Å². The van der Waals surface area contributed by atoms with Crippen LogP contribution in [0, 0.1) is 5.95 Å². The third-order valence-electron chi connectivity index (χ3n) is 3.78. The third kappa shape index (κ3) is 3.17. The van der Waals surface area contributed by atoms with E-state index in [2.05, 4.69) is 5.10 Å². The van der Waals surface area contributed by atoms with Gasteiger partial charge in [-0.05, 0) is 48.5 Å². The topological polar surface area (TPSA) is 62.6 Å². The third-order valence-corrected chi connectivity index (χ3v) is 3.78. The standard InChI is InChI=1S/C14H22BFN2O4/c1-12(2,3)20-11(19)18-8-9(10(16)17-18)15-21-13(4,5)14(6,7)22-15/h8H,1-7H3. The second-order valence-electron chi connectivity index (χ2n) is 7.39. The van der Waals surface area contributed by atoms with Crippen molar-refractivity contribution in [3.8, 4) is 0 Å². The van der Waals surface area contributed by atoms with E-state index in [4.69, 9.17) is 14.0 Å². The zero-order valence-electron chi connectivity index (χ0n) is 14.1. The highest BCUT2D eigenvalue weighted by molar-refractivity contribution is 6.62. The van der Waals surface area contributed by atoms with Gasteiger partial charge in [0.25, 0.3) is 0 Å². The highest BCUT2D eigenvalue weighted by Gasteiger charge is 2.53. The molecule has 0 amide bonds.